The fraction of sp³-hybridized carbons (Fsp3) is 0.556. The molecule has 2 atom stereocenters. The van der Waals surface area contributed by atoms with E-state index in [-0.39, 0.29) is 42.3 Å². The average Bonchev–Trinajstić information content (AvgIpc) is 2.50. The largest absolute Gasteiger partial charge is 0.372 e. The summed E-state index contributed by atoms with van der Waals surface area (Å²) in [5, 5.41) is 6.02. The van der Waals surface area contributed by atoms with Crippen molar-refractivity contribution < 1.29 is 14.3 Å². The zero-order valence-electron chi connectivity index (χ0n) is 14.7. The van der Waals surface area contributed by atoms with Crippen LogP contribution in [0.5, 0.6) is 0 Å². The number of nitrogens with zero attached hydrogens (tertiary/aromatic N) is 1. The lowest BCUT2D eigenvalue weighted by atomic mass is 10.0. The molecule has 2 aliphatic heterocycles. The molecular formula is C18H26ClN3O3. The van der Waals surface area contributed by atoms with Gasteiger partial charge in [-0.1, -0.05) is 12.1 Å². The first kappa shape index (κ1) is 19.7. The third-order valence-corrected chi connectivity index (χ3v) is 4.53. The van der Waals surface area contributed by atoms with Crippen molar-refractivity contribution in [2.75, 3.05) is 26.2 Å². The minimum atomic E-state index is 0. The third-order valence-electron chi connectivity index (χ3n) is 4.53. The van der Waals surface area contributed by atoms with Crippen LogP contribution in [0.4, 0.5) is 0 Å². The summed E-state index contributed by atoms with van der Waals surface area (Å²) in [4.78, 5) is 26.3. The van der Waals surface area contributed by atoms with Gasteiger partial charge >= 0.3 is 0 Å². The summed E-state index contributed by atoms with van der Waals surface area (Å²) < 4.78 is 5.67. The van der Waals surface area contributed by atoms with E-state index in [0.29, 0.717) is 25.2 Å². The van der Waals surface area contributed by atoms with E-state index in [9.17, 15) is 9.59 Å². The molecule has 0 aromatic heterocycles. The number of carbonyl (C=O) groups excluding carboxylic acids is 2. The summed E-state index contributed by atoms with van der Waals surface area (Å²) in [6.07, 6.45) is 0.126. The maximum absolute atomic E-state index is 12.6. The minimum Gasteiger partial charge on any atom is -0.372 e. The number of carbonyl (C=O) groups is 2. The lowest BCUT2D eigenvalue weighted by molar-refractivity contribution is -0.126. The highest BCUT2D eigenvalue weighted by molar-refractivity contribution is 5.94. The number of benzene rings is 1. The molecule has 2 unspecified atom stereocenters. The Morgan fingerprint density at radius 1 is 1.16 bits per heavy atom. The summed E-state index contributed by atoms with van der Waals surface area (Å²) in [5.41, 5.74) is 1.67. The fourth-order valence-corrected chi connectivity index (χ4v) is 3.10. The molecule has 6 nitrogen and oxygen atoms in total. The monoisotopic (exact) mass is 367 g/mol. The number of nitrogens with one attached hydrogen (secondary N) is 2. The number of ether oxygens (including phenoxy) is 1. The molecular weight excluding hydrogens is 342 g/mol. The molecule has 3 rings (SSSR count). The van der Waals surface area contributed by atoms with Crippen LogP contribution in [0.2, 0.25) is 0 Å². The molecule has 0 bridgehead atoms. The molecule has 2 aliphatic rings. The standard InChI is InChI=1S/C18H25N3O3.ClH/c1-12-10-21(11-13(2)24-12)18(23)15-5-3-14(4-6-15)7-20-17(22)16-8-19-9-16;/h3-6,12-13,16,19H,7-11H2,1-2H3,(H,20,22);1H. The van der Waals surface area contributed by atoms with Crippen molar-refractivity contribution in [2.24, 2.45) is 5.92 Å². The van der Waals surface area contributed by atoms with Gasteiger partial charge in [0, 0.05) is 38.3 Å². The lowest BCUT2D eigenvalue weighted by Gasteiger charge is -2.35. The van der Waals surface area contributed by atoms with E-state index < -0.39 is 0 Å². The van der Waals surface area contributed by atoms with Crippen LogP contribution in [0.1, 0.15) is 29.8 Å². The Morgan fingerprint density at radius 3 is 2.28 bits per heavy atom. The molecule has 2 amide bonds. The Bertz CT molecular complexity index is 594. The van der Waals surface area contributed by atoms with Crippen LogP contribution < -0.4 is 10.6 Å². The Hall–Kier alpha value is -1.63. The maximum atomic E-state index is 12.6. The van der Waals surface area contributed by atoms with E-state index in [1.54, 1.807) is 0 Å². The fourth-order valence-electron chi connectivity index (χ4n) is 3.10. The van der Waals surface area contributed by atoms with Crippen LogP contribution in [0.25, 0.3) is 0 Å². The average molecular weight is 368 g/mol. The van der Waals surface area contributed by atoms with Crippen molar-refractivity contribution in [1.82, 2.24) is 15.5 Å². The van der Waals surface area contributed by atoms with Gasteiger partial charge in [0.25, 0.3) is 5.91 Å². The summed E-state index contributed by atoms with van der Waals surface area (Å²) in [6.45, 7) is 7.23. The summed E-state index contributed by atoms with van der Waals surface area (Å²) in [5.74, 6) is 0.217. The van der Waals surface area contributed by atoms with Crippen molar-refractivity contribution >= 4 is 24.2 Å². The molecule has 0 aliphatic carbocycles. The van der Waals surface area contributed by atoms with Gasteiger partial charge in [0.2, 0.25) is 5.91 Å². The molecule has 7 heteroatoms. The van der Waals surface area contributed by atoms with Crippen molar-refractivity contribution in [2.45, 2.75) is 32.6 Å². The van der Waals surface area contributed by atoms with E-state index in [1.807, 2.05) is 43.0 Å². The van der Waals surface area contributed by atoms with Crippen LogP contribution in [0.15, 0.2) is 24.3 Å². The predicted molar refractivity (Wildman–Crippen MR) is 97.8 cm³/mol. The van der Waals surface area contributed by atoms with Crippen molar-refractivity contribution in [3.63, 3.8) is 0 Å². The number of hydrogen-bond acceptors (Lipinski definition) is 4. The first-order valence-electron chi connectivity index (χ1n) is 8.55. The van der Waals surface area contributed by atoms with Gasteiger partial charge in [0.1, 0.15) is 0 Å². The Labute approximate surface area is 154 Å². The number of morpholine rings is 1. The van der Waals surface area contributed by atoms with Gasteiger partial charge in [0.15, 0.2) is 0 Å². The zero-order chi connectivity index (χ0) is 17.1. The van der Waals surface area contributed by atoms with Gasteiger partial charge < -0.3 is 20.3 Å². The van der Waals surface area contributed by atoms with Gasteiger partial charge in [-0.2, -0.15) is 0 Å². The van der Waals surface area contributed by atoms with Gasteiger partial charge in [-0.05, 0) is 31.5 Å². The summed E-state index contributed by atoms with van der Waals surface area (Å²) in [6, 6.07) is 7.47. The van der Waals surface area contributed by atoms with Crippen molar-refractivity contribution in [3.8, 4) is 0 Å². The van der Waals surface area contributed by atoms with E-state index >= 15 is 0 Å². The van der Waals surface area contributed by atoms with E-state index in [1.165, 1.54) is 0 Å². The molecule has 0 spiro atoms. The topological polar surface area (TPSA) is 70.7 Å². The smallest absolute Gasteiger partial charge is 0.254 e. The molecule has 2 fully saturated rings. The normalized spacial score (nSPS) is 23.4. The summed E-state index contributed by atoms with van der Waals surface area (Å²) >= 11 is 0. The number of amides is 2. The molecule has 0 saturated carbocycles. The van der Waals surface area contributed by atoms with Crippen LogP contribution in [0, 0.1) is 5.92 Å². The first-order valence-corrected chi connectivity index (χ1v) is 8.55. The maximum Gasteiger partial charge on any atom is 0.254 e. The summed E-state index contributed by atoms with van der Waals surface area (Å²) in [7, 11) is 0. The molecule has 25 heavy (non-hydrogen) atoms. The van der Waals surface area contributed by atoms with Crippen LogP contribution in [-0.4, -0.2) is 55.1 Å². The molecule has 0 radical (unpaired) electrons. The Morgan fingerprint density at radius 2 is 1.76 bits per heavy atom. The van der Waals surface area contributed by atoms with Gasteiger partial charge in [-0.15, -0.1) is 12.4 Å². The number of hydrogen-bond donors (Lipinski definition) is 2. The second kappa shape index (κ2) is 8.65. The zero-order valence-corrected chi connectivity index (χ0v) is 15.5. The Balaban J connectivity index is 0.00000225. The Kier molecular flexibility index (Phi) is 6.81. The van der Waals surface area contributed by atoms with Crippen molar-refractivity contribution in [3.05, 3.63) is 35.4 Å². The van der Waals surface area contributed by atoms with Gasteiger partial charge in [-0.25, -0.2) is 0 Å². The predicted octanol–water partition coefficient (Wildman–Crippen LogP) is 1.19. The lowest BCUT2D eigenvalue weighted by Crippen LogP contribution is -2.50. The van der Waals surface area contributed by atoms with E-state index in [0.717, 1.165) is 18.7 Å². The second-order valence-corrected chi connectivity index (χ2v) is 6.74. The second-order valence-electron chi connectivity index (χ2n) is 6.74. The van der Waals surface area contributed by atoms with Crippen LogP contribution in [0.3, 0.4) is 0 Å². The third kappa shape index (κ3) is 4.93. The van der Waals surface area contributed by atoms with Crippen molar-refractivity contribution in [1.29, 1.82) is 0 Å². The van der Waals surface area contributed by atoms with Gasteiger partial charge in [0.05, 0.1) is 18.1 Å². The molecule has 2 N–H and O–H groups in total. The quantitative estimate of drug-likeness (QED) is 0.838. The molecule has 2 heterocycles. The first-order chi connectivity index (χ1) is 11.5. The number of rotatable bonds is 4. The highest BCUT2D eigenvalue weighted by Gasteiger charge is 2.27. The number of halogens is 1. The molecule has 1 aromatic rings. The van der Waals surface area contributed by atoms with Crippen LogP contribution in [-0.2, 0) is 16.1 Å². The highest BCUT2D eigenvalue weighted by atomic mass is 35.5. The van der Waals surface area contributed by atoms with Gasteiger partial charge in [-0.3, -0.25) is 9.59 Å². The SMILES string of the molecule is CC1CN(C(=O)c2ccc(CNC(=O)C3CNC3)cc2)CC(C)O1.Cl. The highest BCUT2D eigenvalue weighted by Crippen LogP contribution is 2.15. The molecule has 1 aromatic carbocycles. The molecule has 2 saturated heterocycles. The van der Waals surface area contributed by atoms with Crippen LogP contribution >= 0.6 is 12.4 Å². The van der Waals surface area contributed by atoms with E-state index in [4.69, 9.17) is 4.74 Å². The minimum absolute atomic E-state index is 0. The molecule has 138 valence electrons. The van der Waals surface area contributed by atoms with E-state index in [2.05, 4.69) is 10.6 Å².